The zero-order valence-electron chi connectivity index (χ0n) is 15.0. The lowest BCUT2D eigenvalue weighted by Gasteiger charge is -2.14. The van der Waals surface area contributed by atoms with Crippen molar-refractivity contribution in [1.82, 2.24) is 0 Å². The molecule has 0 bridgehead atoms. The molecule has 0 fully saturated rings. The number of benzene rings is 2. The Balaban J connectivity index is 2.06. The Labute approximate surface area is 147 Å². The van der Waals surface area contributed by atoms with E-state index in [1.807, 2.05) is 42.7 Å². The fourth-order valence-corrected chi connectivity index (χ4v) is 3.07. The summed E-state index contributed by atoms with van der Waals surface area (Å²) in [5, 5.41) is 0. The Morgan fingerprint density at radius 3 is 1.72 bits per heavy atom. The summed E-state index contributed by atoms with van der Waals surface area (Å²) in [4.78, 5) is 2.11. The van der Waals surface area contributed by atoms with Crippen molar-refractivity contribution in [2.75, 3.05) is 46.4 Å². The van der Waals surface area contributed by atoms with Crippen molar-refractivity contribution >= 4 is 17.7 Å². The molecule has 0 amide bonds. The van der Waals surface area contributed by atoms with Crippen molar-refractivity contribution in [3.63, 3.8) is 0 Å². The summed E-state index contributed by atoms with van der Waals surface area (Å²) >= 11 is 0. The minimum absolute atomic E-state index is 0.768. The highest BCUT2D eigenvalue weighted by Gasteiger charge is 2.31. The number of para-hydroxylation sites is 2. The normalized spacial score (nSPS) is 13.4. The molecule has 2 aromatic rings. The Hall–Kier alpha value is -2.89. The molecule has 6 nitrogen and oxygen atoms in total. The van der Waals surface area contributed by atoms with Gasteiger partial charge in [0.25, 0.3) is 0 Å². The lowest BCUT2D eigenvalue weighted by atomic mass is 10.2. The molecule has 1 aliphatic heterocycles. The highest BCUT2D eigenvalue weighted by molar-refractivity contribution is 5.85. The summed E-state index contributed by atoms with van der Waals surface area (Å²) in [7, 11) is 6.65. The first kappa shape index (κ1) is 17.0. The second-order valence-corrected chi connectivity index (χ2v) is 5.52. The molecule has 0 unspecified atom stereocenters. The first-order chi connectivity index (χ1) is 12.2. The zero-order valence-corrected chi connectivity index (χ0v) is 15.0. The van der Waals surface area contributed by atoms with Crippen molar-refractivity contribution in [2.24, 2.45) is 0 Å². The van der Waals surface area contributed by atoms with Gasteiger partial charge in [-0.3, -0.25) is 0 Å². The van der Waals surface area contributed by atoms with E-state index in [4.69, 9.17) is 18.9 Å². The average molecular weight is 343 g/mol. The molecule has 3 rings (SSSR count). The van der Waals surface area contributed by atoms with Crippen LogP contribution in [0.3, 0.4) is 0 Å². The molecule has 0 atom stereocenters. The molecule has 2 aromatic carbocycles. The van der Waals surface area contributed by atoms with Crippen LogP contribution in [0.4, 0.5) is 11.4 Å². The van der Waals surface area contributed by atoms with Crippen LogP contribution in [0.5, 0.6) is 23.0 Å². The predicted octanol–water partition coefficient (Wildman–Crippen LogP) is 2.91. The summed E-state index contributed by atoms with van der Waals surface area (Å²) in [6, 6.07) is 11.5. The van der Waals surface area contributed by atoms with Crippen molar-refractivity contribution < 1.29 is 23.5 Å². The second kappa shape index (κ2) is 7.34. The fourth-order valence-electron chi connectivity index (χ4n) is 3.07. The minimum atomic E-state index is 0.768. The maximum absolute atomic E-state index is 5.52. The first-order valence-corrected chi connectivity index (χ1v) is 8.03. The van der Waals surface area contributed by atoms with Gasteiger partial charge in [-0.05, 0) is 24.3 Å². The standard InChI is InChI=1S/C19H23N2O4/c1-22-14-7-5-8-15(23-2)18(14)20-11-12-21(13-20)19-16(24-3)9-6-10-17(19)25-4/h5-10,13H,11-12H2,1-4H3/q+1. The van der Waals surface area contributed by atoms with Crippen molar-refractivity contribution in [1.29, 1.82) is 0 Å². The first-order valence-electron chi connectivity index (χ1n) is 8.03. The number of nitrogens with zero attached hydrogens (tertiary/aromatic N) is 2. The van der Waals surface area contributed by atoms with E-state index in [1.54, 1.807) is 28.4 Å². The van der Waals surface area contributed by atoms with E-state index < -0.39 is 0 Å². The fraction of sp³-hybridized carbons (Fsp3) is 0.316. The molecule has 6 heteroatoms. The molecule has 0 aromatic heterocycles. The number of anilines is 1. The summed E-state index contributed by atoms with van der Waals surface area (Å²) in [5.41, 5.74) is 1.81. The SMILES string of the molecule is COc1cccc(OC)c1N1C=[N+](c2c(OC)cccc2OC)CC1. The lowest BCUT2D eigenvalue weighted by molar-refractivity contribution is -0.425. The van der Waals surface area contributed by atoms with Gasteiger partial charge >= 0.3 is 0 Å². The highest BCUT2D eigenvalue weighted by atomic mass is 16.5. The van der Waals surface area contributed by atoms with E-state index in [0.29, 0.717) is 0 Å². The molecule has 25 heavy (non-hydrogen) atoms. The molecule has 1 heterocycles. The van der Waals surface area contributed by atoms with E-state index >= 15 is 0 Å². The van der Waals surface area contributed by atoms with Crippen LogP contribution < -0.4 is 23.8 Å². The quantitative estimate of drug-likeness (QED) is 0.755. The molecule has 0 aliphatic carbocycles. The molecular weight excluding hydrogens is 320 g/mol. The summed E-state index contributed by atoms with van der Waals surface area (Å²) in [6.07, 6.45) is 2.03. The van der Waals surface area contributed by atoms with Crippen LogP contribution in [-0.4, -0.2) is 52.4 Å². The third-order valence-corrected chi connectivity index (χ3v) is 4.24. The van der Waals surface area contributed by atoms with Crippen LogP contribution in [0.1, 0.15) is 0 Å². The Kier molecular flexibility index (Phi) is 4.97. The number of rotatable bonds is 6. The largest absolute Gasteiger partial charge is 0.492 e. The van der Waals surface area contributed by atoms with Gasteiger partial charge in [0.1, 0.15) is 13.1 Å². The number of ether oxygens (including phenoxy) is 4. The van der Waals surface area contributed by atoms with Gasteiger partial charge < -0.3 is 18.9 Å². The molecule has 0 spiro atoms. The van der Waals surface area contributed by atoms with Gasteiger partial charge in [-0.1, -0.05) is 12.1 Å². The van der Waals surface area contributed by atoms with Gasteiger partial charge in [0.15, 0.2) is 23.0 Å². The minimum Gasteiger partial charge on any atom is -0.492 e. The van der Waals surface area contributed by atoms with Crippen LogP contribution in [0.2, 0.25) is 0 Å². The summed E-state index contributed by atoms with van der Waals surface area (Å²) in [6.45, 7) is 1.58. The molecule has 132 valence electrons. The van der Waals surface area contributed by atoms with Crippen molar-refractivity contribution in [3.8, 4) is 23.0 Å². The third kappa shape index (κ3) is 3.07. The average Bonchev–Trinajstić information content (AvgIpc) is 3.15. The van der Waals surface area contributed by atoms with Gasteiger partial charge in [0.2, 0.25) is 17.7 Å². The van der Waals surface area contributed by atoms with Gasteiger partial charge in [-0.2, -0.15) is 0 Å². The van der Waals surface area contributed by atoms with Crippen molar-refractivity contribution in [3.05, 3.63) is 36.4 Å². The van der Waals surface area contributed by atoms with Gasteiger partial charge in [-0.15, -0.1) is 0 Å². The number of hydrogen-bond acceptors (Lipinski definition) is 5. The van der Waals surface area contributed by atoms with E-state index in [1.165, 1.54) is 0 Å². The molecule has 0 saturated carbocycles. The zero-order chi connectivity index (χ0) is 17.8. The van der Waals surface area contributed by atoms with Crippen LogP contribution in [0, 0.1) is 0 Å². The molecule has 0 saturated heterocycles. The van der Waals surface area contributed by atoms with Crippen LogP contribution in [0.25, 0.3) is 0 Å². The Morgan fingerprint density at radius 1 is 0.760 bits per heavy atom. The van der Waals surface area contributed by atoms with E-state index in [-0.39, 0.29) is 0 Å². The molecule has 0 radical (unpaired) electrons. The Morgan fingerprint density at radius 2 is 1.24 bits per heavy atom. The van der Waals surface area contributed by atoms with Crippen molar-refractivity contribution in [2.45, 2.75) is 0 Å². The smallest absolute Gasteiger partial charge is 0.245 e. The monoisotopic (exact) mass is 343 g/mol. The topological polar surface area (TPSA) is 43.2 Å². The van der Waals surface area contributed by atoms with E-state index in [2.05, 4.69) is 9.48 Å². The van der Waals surface area contributed by atoms with Gasteiger partial charge in [0.05, 0.1) is 28.4 Å². The highest BCUT2D eigenvalue weighted by Crippen LogP contribution is 2.40. The molecular formula is C19H23N2O4+. The maximum atomic E-state index is 5.52. The summed E-state index contributed by atoms with van der Waals surface area (Å²) in [5.74, 6) is 3.07. The second-order valence-electron chi connectivity index (χ2n) is 5.52. The van der Waals surface area contributed by atoms with Crippen LogP contribution in [0.15, 0.2) is 36.4 Å². The molecule has 1 aliphatic rings. The van der Waals surface area contributed by atoms with Gasteiger partial charge in [-0.25, -0.2) is 9.48 Å². The summed E-state index contributed by atoms with van der Waals surface area (Å²) < 4.78 is 24.2. The van der Waals surface area contributed by atoms with E-state index in [9.17, 15) is 0 Å². The molecule has 0 N–H and O–H groups in total. The number of methoxy groups -OCH3 is 4. The van der Waals surface area contributed by atoms with E-state index in [0.717, 1.165) is 47.5 Å². The third-order valence-electron chi connectivity index (χ3n) is 4.24. The lowest BCUT2D eigenvalue weighted by Crippen LogP contribution is -2.19. The Bertz CT molecular complexity index is 744. The maximum Gasteiger partial charge on any atom is 0.245 e. The number of hydrogen-bond donors (Lipinski definition) is 0. The van der Waals surface area contributed by atoms with Gasteiger partial charge in [0, 0.05) is 0 Å². The van der Waals surface area contributed by atoms with Crippen LogP contribution in [-0.2, 0) is 0 Å². The predicted molar refractivity (Wildman–Crippen MR) is 97.3 cm³/mol. The van der Waals surface area contributed by atoms with Crippen LogP contribution >= 0.6 is 0 Å².